The summed E-state index contributed by atoms with van der Waals surface area (Å²) in [6.07, 6.45) is 4.92. The number of rotatable bonds is 2. The largest absolute Gasteiger partial charge is 0.396 e. The van der Waals surface area contributed by atoms with Gasteiger partial charge in [-0.15, -0.1) is 0 Å². The first-order chi connectivity index (χ1) is 7.20. The highest BCUT2D eigenvalue weighted by atomic mass is 79.9. The van der Waals surface area contributed by atoms with Gasteiger partial charge in [-0.05, 0) is 31.6 Å². The Labute approximate surface area is 99.0 Å². The Kier molecular flexibility index (Phi) is 3.67. The minimum atomic E-state index is 0.296. The number of likely N-dealkylation sites (tertiary alicyclic amines) is 1. The topological polar surface area (TPSA) is 40.5 Å². The fourth-order valence-electron chi connectivity index (χ4n) is 2.68. The number of hydrogen-bond donors (Lipinski definition) is 1. The van der Waals surface area contributed by atoms with Crippen LogP contribution in [0.1, 0.15) is 32.1 Å². The molecule has 1 atom stereocenters. The first kappa shape index (κ1) is 11.4. The van der Waals surface area contributed by atoms with Gasteiger partial charge in [-0.1, -0.05) is 15.9 Å². The van der Waals surface area contributed by atoms with Crippen LogP contribution in [0.3, 0.4) is 0 Å². The second kappa shape index (κ2) is 4.83. The molecule has 1 saturated heterocycles. The second-order valence-electron chi connectivity index (χ2n) is 4.70. The van der Waals surface area contributed by atoms with E-state index in [1.807, 2.05) is 4.90 Å². The number of amides is 1. The zero-order valence-corrected chi connectivity index (χ0v) is 10.4. The highest BCUT2D eigenvalue weighted by Gasteiger charge is 2.34. The summed E-state index contributed by atoms with van der Waals surface area (Å²) in [7, 11) is 0. The monoisotopic (exact) mass is 275 g/mol. The molecule has 1 heterocycles. The summed E-state index contributed by atoms with van der Waals surface area (Å²) >= 11 is 3.51. The maximum absolute atomic E-state index is 11.7. The standard InChI is InChI=1S/C11H18BrNO2/c12-9-5-11(15)13(6-9)10-3-1-8(7-14)2-4-10/h8-10,14H,1-7H2. The van der Waals surface area contributed by atoms with Crippen molar-refractivity contribution in [2.24, 2.45) is 5.92 Å². The maximum Gasteiger partial charge on any atom is 0.224 e. The molecular weight excluding hydrogens is 258 g/mol. The number of carbonyl (C=O) groups excluding carboxylic acids is 1. The van der Waals surface area contributed by atoms with Gasteiger partial charge in [0.25, 0.3) is 0 Å². The third-order valence-electron chi connectivity index (χ3n) is 3.63. The van der Waals surface area contributed by atoms with E-state index in [4.69, 9.17) is 5.11 Å². The molecule has 15 heavy (non-hydrogen) atoms. The summed E-state index contributed by atoms with van der Waals surface area (Å²) in [5.74, 6) is 0.767. The lowest BCUT2D eigenvalue weighted by Crippen LogP contribution is -2.39. The lowest BCUT2D eigenvalue weighted by Gasteiger charge is -2.34. The van der Waals surface area contributed by atoms with Gasteiger partial charge in [-0.3, -0.25) is 4.79 Å². The number of aliphatic hydroxyl groups excluding tert-OH is 1. The normalized spacial score (nSPS) is 37.3. The predicted molar refractivity (Wildman–Crippen MR) is 61.9 cm³/mol. The fourth-order valence-corrected chi connectivity index (χ4v) is 3.27. The molecule has 2 aliphatic rings. The lowest BCUT2D eigenvalue weighted by molar-refractivity contribution is -0.130. The van der Waals surface area contributed by atoms with Crippen molar-refractivity contribution in [2.45, 2.75) is 43.0 Å². The molecule has 0 bridgehead atoms. The maximum atomic E-state index is 11.7. The molecule has 4 heteroatoms. The van der Waals surface area contributed by atoms with Crippen LogP contribution in [-0.4, -0.2) is 39.9 Å². The Balaban J connectivity index is 1.88. The molecule has 3 nitrogen and oxygen atoms in total. The van der Waals surface area contributed by atoms with Crippen molar-refractivity contribution in [1.29, 1.82) is 0 Å². The van der Waals surface area contributed by atoms with Crippen LogP contribution in [0.2, 0.25) is 0 Å². The van der Waals surface area contributed by atoms with Gasteiger partial charge in [0.2, 0.25) is 5.91 Å². The molecule has 1 aliphatic heterocycles. The molecule has 2 fully saturated rings. The molecule has 1 amide bonds. The Morgan fingerprint density at radius 1 is 1.33 bits per heavy atom. The molecular formula is C11H18BrNO2. The molecule has 86 valence electrons. The molecule has 0 spiro atoms. The van der Waals surface area contributed by atoms with Crippen LogP contribution in [0.5, 0.6) is 0 Å². The van der Waals surface area contributed by atoms with Gasteiger partial charge in [-0.25, -0.2) is 0 Å². The van der Waals surface area contributed by atoms with E-state index in [2.05, 4.69) is 15.9 Å². The van der Waals surface area contributed by atoms with Crippen LogP contribution < -0.4 is 0 Å². The van der Waals surface area contributed by atoms with E-state index in [1.54, 1.807) is 0 Å². The van der Waals surface area contributed by atoms with E-state index in [9.17, 15) is 4.79 Å². The Morgan fingerprint density at radius 2 is 2.00 bits per heavy atom. The number of hydrogen-bond acceptors (Lipinski definition) is 2. The van der Waals surface area contributed by atoms with Crippen molar-refractivity contribution in [3.05, 3.63) is 0 Å². The summed E-state index contributed by atoms with van der Waals surface area (Å²) in [5.41, 5.74) is 0. The smallest absolute Gasteiger partial charge is 0.224 e. The minimum absolute atomic E-state index is 0.296. The van der Waals surface area contributed by atoms with Gasteiger partial charge in [-0.2, -0.15) is 0 Å². The van der Waals surface area contributed by atoms with Crippen molar-refractivity contribution >= 4 is 21.8 Å². The predicted octanol–water partition coefficient (Wildman–Crippen LogP) is 1.53. The summed E-state index contributed by atoms with van der Waals surface area (Å²) in [4.78, 5) is 14.1. The van der Waals surface area contributed by atoms with Crippen LogP contribution in [0.15, 0.2) is 0 Å². The van der Waals surface area contributed by atoms with E-state index in [0.717, 1.165) is 32.2 Å². The summed E-state index contributed by atoms with van der Waals surface area (Å²) < 4.78 is 0. The van der Waals surface area contributed by atoms with E-state index in [0.29, 0.717) is 35.7 Å². The quantitative estimate of drug-likeness (QED) is 0.777. The zero-order chi connectivity index (χ0) is 10.8. The number of alkyl halides is 1. The van der Waals surface area contributed by atoms with Gasteiger partial charge >= 0.3 is 0 Å². The highest BCUT2D eigenvalue weighted by Crippen LogP contribution is 2.31. The molecule has 0 aromatic heterocycles. The van der Waals surface area contributed by atoms with Crippen molar-refractivity contribution in [2.75, 3.05) is 13.2 Å². The van der Waals surface area contributed by atoms with E-state index in [-0.39, 0.29) is 0 Å². The summed E-state index contributed by atoms with van der Waals surface area (Å²) in [6, 6.07) is 0.433. The van der Waals surface area contributed by atoms with Crippen LogP contribution in [0.25, 0.3) is 0 Å². The number of carbonyl (C=O) groups is 1. The third kappa shape index (κ3) is 2.53. The average molecular weight is 276 g/mol. The van der Waals surface area contributed by atoms with E-state index >= 15 is 0 Å². The van der Waals surface area contributed by atoms with Gasteiger partial charge in [0.05, 0.1) is 0 Å². The van der Waals surface area contributed by atoms with E-state index in [1.165, 1.54) is 0 Å². The van der Waals surface area contributed by atoms with Crippen molar-refractivity contribution in [1.82, 2.24) is 4.90 Å². The highest BCUT2D eigenvalue weighted by molar-refractivity contribution is 9.09. The van der Waals surface area contributed by atoms with E-state index < -0.39 is 0 Å². The molecule has 0 radical (unpaired) electrons. The molecule has 2 rings (SSSR count). The second-order valence-corrected chi connectivity index (χ2v) is 6.00. The van der Waals surface area contributed by atoms with Gasteiger partial charge in [0.1, 0.15) is 0 Å². The number of halogens is 1. The fraction of sp³-hybridized carbons (Fsp3) is 0.909. The minimum Gasteiger partial charge on any atom is -0.396 e. The average Bonchev–Trinajstić information content (AvgIpc) is 2.58. The zero-order valence-electron chi connectivity index (χ0n) is 8.86. The van der Waals surface area contributed by atoms with Gasteiger partial charge < -0.3 is 10.0 Å². The molecule has 1 N–H and O–H groups in total. The molecule has 1 aliphatic carbocycles. The van der Waals surface area contributed by atoms with Crippen LogP contribution in [0, 0.1) is 5.92 Å². The Morgan fingerprint density at radius 3 is 2.47 bits per heavy atom. The first-order valence-corrected chi connectivity index (χ1v) is 6.66. The SMILES string of the molecule is O=C1CC(Br)CN1C1CCC(CO)CC1. The van der Waals surface area contributed by atoms with Crippen molar-refractivity contribution < 1.29 is 9.90 Å². The van der Waals surface area contributed by atoms with Gasteiger partial charge in [0, 0.05) is 30.4 Å². The van der Waals surface area contributed by atoms with Crippen molar-refractivity contribution in [3.63, 3.8) is 0 Å². The number of aliphatic hydroxyl groups is 1. The first-order valence-electron chi connectivity index (χ1n) is 5.75. The van der Waals surface area contributed by atoms with Crippen LogP contribution in [0.4, 0.5) is 0 Å². The summed E-state index contributed by atoms with van der Waals surface area (Å²) in [6.45, 7) is 1.18. The van der Waals surface area contributed by atoms with Gasteiger partial charge in [0.15, 0.2) is 0 Å². The Hall–Kier alpha value is -0.0900. The molecule has 1 unspecified atom stereocenters. The lowest BCUT2D eigenvalue weighted by atomic mass is 9.86. The van der Waals surface area contributed by atoms with Crippen molar-refractivity contribution in [3.8, 4) is 0 Å². The summed E-state index contributed by atoms with van der Waals surface area (Å²) in [5, 5.41) is 9.05. The molecule has 0 aromatic rings. The van der Waals surface area contributed by atoms with Crippen LogP contribution >= 0.6 is 15.9 Å². The Bertz CT molecular complexity index is 239. The number of nitrogens with zero attached hydrogens (tertiary/aromatic N) is 1. The molecule has 0 aromatic carbocycles. The third-order valence-corrected chi connectivity index (χ3v) is 4.24. The molecule has 1 saturated carbocycles. The van der Waals surface area contributed by atoms with Crippen LogP contribution in [-0.2, 0) is 4.79 Å².